The number of nitrogens with two attached hydrogens (primary N) is 1. The minimum atomic E-state index is 0.198. The normalized spacial score (nSPS) is 18.8. The summed E-state index contributed by atoms with van der Waals surface area (Å²) in [5, 5.41) is 0. The molecule has 1 aliphatic heterocycles. The minimum absolute atomic E-state index is 0.198. The molecule has 1 saturated heterocycles. The van der Waals surface area contributed by atoms with Crippen molar-refractivity contribution >= 4 is 0 Å². The average molecular weight is 233 g/mol. The lowest BCUT2D eigenvalue weighted by molar-refractivity contribution is -0.106. The smallest absolute Gasteiger partial charge is 0.0560 e. The van der Waals surface area contributed by atoms with E-state index in [2.05, 4.69) is 45.0 Å². The molecule has 0 aromatic heterocycles. The van der Waals surface area contributed by atoms with Crippen molar-refractivity contribution in [3.63, 3.8) is 0 Å². The lowest BCUT2D eigenvalue weighted by Gasteiger charge is -2.40. The van der Waals surface area contributed by atoms with Gasteiger partial charge in [0.1, 0.15) is 0 Å². The van der Waals surface area contributed by atoms with Gasteiger partial charge in [0, 0.05) is 12.0 Å². The zero-order chi connectivity index (χ0) is 12.5. The van der Waals surface area contributed by atoms with Crippen LogP contribution in [-0.2, 0) is 16.6 Å². The molecule has 17 heavy (non-hydrogen) atoms. The highest BCUT2D eigenvalue weighted by Crippen LogP contribution is 2.31. The van der Waals surface area contributed by atoms with Gasteiger partial charge in [0.2, 0.25) is 0 Å². The molecule has 0 atom stereocenters. The number of benzene rings is 1. The van der Waals surface area contributed by atoms with Crippen LogP contribution in [0.2, 0.25) is 0 Å². The molecular weight excluding hydrogens is 210 g/mol. The molecule has 1 heterocycles. The lowest BCUT2D eigenvalue weighted by atomic mass is 9.79. The standard InChI is InChI=1S/C15H23NO/c1-14(2,3)13-6-4-12(5-7-13)8-15(9-16)10-17-11-15/h4-7H,8-11,16H2,1-3H3. The summed E-state index contributed by atoms with van der Waals surface area (Å²) in [4.78, 5) is 0. The fraction of sp³-hybridized carbons (Fsp3) is 0.600. The van der Waals surface area contributed by atoms with Crippen molar-refractivity contribution in [2.24, 2.45) is 11.1 Å². The highest BCUT2D eigenvalue weighted by Gasteiger charge is 2.37. The summed E-state index contributed by atoms with van der Waals surface area (Å²) in [7, 11) is 0. The molecule has 1 aliphatic rings. The first-order valence-electron chi connectivity index (χ1n) is 6.32. The Hall–Kier alpha value is -0.860. The van der Waals surface area contributed by atoms with E-state index in [-0.39, 0.29) is 10.8 Å². The molecule has 0 aliphatic carbocycles. The van der Waals surface area contributed by atoms with Crippen molar-refractivity contribution in [1.29, 1.82) is 0 Å². The van der Waals surface area contributed by atoms with Gasteiger partial charge in [-0.15, -0.1) is 0 Å². The zero-order valence-electron chi connectivity index (χ0n) is 11.1. The van der Waals surface area contributed by atoms with E-state index in [9.17, 15) is 0 Å². The fourth-order valence-electron chi connectivity index (χ4n) is 2.24. The van der Waals surface area contributed by atoms with Gasteiger partial charge in [0.25, 0.3) is 0 Å². The average Bonchev–Trinajstić information content (AvgIpc) is 2.23. The van der Waals surface area contributed by atoms with Crippen molar-refractivity contribution in [3.8, 4) is 0 Å². The second-order valence-electron chi connectivity index (χ2n) is 6.32. The van der Waals surface area contributed by atoms with E-state index in [4.69, 9.17) is 10.5 Å². The number of hydrogen-bond acceptors (Lipinski definition) is 2. The fourth-order valence-corrected chi connectivity index (χ4v) is 2.24. The Morgan fingerprint density at radius 1 is 1.18 bits per heavy atom. The van der Waals surface area contributed by atoms with Gasteiger partial charge in [-0.05, 0) is 23.0 Å². The summed E-state index contributed by atoms with van der Waals surface area (Å²) in [5.74, 6) is 0. The monoisotopic (exact) mass is 233 g/mol. The van der Waals surface area contributed by atoms with Crippen LogP contribution in [0.15, 0.2) is 24.3 Å². The van der Waals surface area contributed by atoms with E-state index in [1.807, 2.05) is 0 Å². The Labute approximate surface area is 104 Å². The molecule has 1 fully saturated rings. The van der Waals surface area contributed by atoms with Crippen molar-refractivity contribution in [2.45, 2.75) is 32.6 Å². The number of rotatable bonds is 3. The van der Waals surface area contributed by atoms with Gasteiger partial charge in [-0.1, -0.05) is 45.0 Å². The second kappa shape index (κ2) is 4.43. The summed E-state index contributed by atoms with van der Waals surface area (Å²) in [6.07, 6.45) is 1.04. The van der Waals surface area contributed by atoms with Gasteiger partial charge in [0.05, 0.1) is 13.2 Å². The molecular formula is C15H23NO. The zero-order valence-corrected chi connectivity index (χ0v) is 11.1. The van der Waals surface area contributed by atoms with Crippen molar-refractivity contribution in [2.75, 3.05) is 19.8 Å². The summed E-state index contributed by atoms with van der Waals surface area (Å²) in [5.41, 5.74) is 9.01. The molecule has 2 nitrogen and oxygen atoms in total. The predicted molar refractivity (Wildman–Crippen MR) is 71.2 cm³/mol. The molecule has 2 N–H and O–H groups in total. The molecule has 0 saturated carbocycles. The van der Waals surface area contributed by atoms with Gasteiger partial charge >= 0.3 is 0 Å². The minimum Gasteiger partial charge on any atom is -0.380 e. The van der Waals surface area contributed by atoms with E-state index < -0.39 is 0 Å². The third kappa shape index (κ3) is 2.70. The molecule has 0 bridgehead atoms. The summed E-state index contributed by atoms with van der Waals surface area (Å²) in [6, 6.07) is 8.94. The van der Waals surface area contributed by atoms with Crippen LogP contribution in [0.1, 0.15) is 31.9 Å². The maximum atomic E-state index is 5.84. The molecule has 2 heteroatoms. The first-order chi connectivity index (χ1) is 7.95. The van der Waals surface area contributed by atoms with Gasteiger partial charge in [-0.2, -0.15) is 0 Å². The molecule has 1 aromatic rings. The number of ether oxygens (including phenoxy) is 1. The molecule has 2 rings (SSSR count). The van der Waals surface area contributed by atoms with Crippen molar-refractivity contribution < 1.29 is 4.74 Å². The van der Waals surface area contributed by atoms with E-state index in [0.717, 1.165) is 19.6 Å². The van der Waals surface area contributed by atoms with Gasteiger partial charge in [-0.25, -0.2) is 0 Å². The molecule has 0 spiro atoms. The van der Waals surface area contributed by atoms with Crippen molar-refractivity contribution in [1.82, 2.24) is 0 Å². The Morgan fingerprint density at radius 2 is 1.76 bits per heavy atom. The predicted octanol–water partition coefficient (Wildman–Crippen LogP) is 2.50. The maximum absolute atomic E-state index is 5.84. The van der Waals surface area contributed by atoms with Gasteiger partial charge in [0.15, 0.2) is 0 Å². The summed E-state index contributed by atoms with van der Waals surface area (Å²) < 4.78 is 5.30. The van der Waals surface area contributed by atoms with E-state index in [1.165, 1.54) is 11.1 Å². The third-order valence-corrected chi connectivity index (χ3v) is 3.65. The Bertz CT molecular complexity index is 365. The first kappa shape index (κ1) is 12.6. The summed E-state index contributed by atoms with van der Waals surface area (Å²) in [6.45, 7) is 9.05. The van der Waals surface area contributed by atoms with Crippen LogP contribution in [0.5, 0.6) is 0 Å². The van der Waals surface area contributed by atoms with Gasteiger partial charge < -0.3 is 10.5 Å². The largest absolute Gasteiger partial charge is 0.380 e. The topological polar surface area (TPSA) is 35.2 Å². The van der Waals surface area contributed by atoms with E-state index in [1.54, 1.807) is 0 Å². The Morgan fingerprint density at radius 3 is 2.12 bits per heavy atom. The van der Waals surface area contributed by atoms with Crippen LogP contribution in [0.4, 0.5) is 0 Å². The molecule has 94 valence electrons. The first-order valence-corrected chi connectivity index (χ1v) is 6.32. The van der Waals surface area contributed by atoms with Crippen LogP contribution in [0.3, 0.4) is 0 Å². The second-order valence-corrected chi connectivity index (χ2v) is 6.32. The van der Waals surface area contributed by atoms with Crippen molar-refractivity contribution in [3.05, 3.63) is 35.4 Å². The lowest BCUT2D eigenvalue weighted by Crippen LogP contribution is -2.49. The molecule has 0 radical (unpaired) electrons. The maximum Gasteiger partial charge on any atom is 0.0560 e. The Balaban J connectivity index is 2.08. The molecule has 0 unspecified atom stereocenters. The van der Waals surface area contributed by atoms with E-state index in [0.29, 0.717) is 6.54 Å². The van der Waals surface area contributed by atoms with Crippen LogP contribution in [-0.4, -0.2) is 19.8 Å². The number of hydrogen-bond donors (Lipinski definition) is 1. The highest BCUT2D eigenvalue weighted by atomic mass is 16.5. The molecule has 0 amide bonds. The SMILES string of the molecule is CC(C)(C)c1ccc(CC2(CN)COC2)cc1. The summed E-state index contributed by atoms with van der Waals surface area (Å²) >= 11 is 0. The Kier molecular flexibility index (Phi) is 3.28. The van der Waals surface area contributed by atoms with Gasteiger partial charge in [-0.3, -0.25) is 0 Å². The molecule has 1 aromatic carbocycles. The third-order valence-electron chi connectivity index (χ3n) is 3.65. The van der Waals surface area contributed by atoms with Crippen LogP contribution < -0.4 is 5.73 Å². The highest BCUT2D eigenvalue weighted by molar-refractivity contribution is 5.28. The van der Waals surface area contributed by atoms with Crippen LogP contribution in [0, 0.1) is 5.41 Å². The van der Waals surface area contributed by atoms with E-state index >= 15 is 0 Å². The van der Waals surface area contributed by atoms with Crippen LogP contribution >= 0.6 is 0 Å². The van der Waals surface area contributed by atoms with Crippen LogP contribution in [0.25, 0.3) is 0 Å². The quantitative estimate of drug-likeness (QED) is 0.870.